The van der Waals surface area contributed by atoms with E-state index in [9.17, 15) is 14.7 Å². The van der Waals surface area contributed by atoms with Gasteiger partial charge in [-0.2, -0.15) is 0 Å². The molecule has 1 amide bonds. The van der Waals surface area contributed by atoms with Gasteiger partial charge in [0.1, 0.15) is 5.75 Å². The number of benzene rings is 1. The maximum atomic E-state index is 11.9. The molecule has 2 N–H and O–H groups in total. The number of hydrogen-bond donors (Lipinski definition) is 2. The predicted molar refractivity (Wildman–Crippen MR) is 82.7 cm³/mol. The molecule has 5 heteroatoms. The number of ketones is 1. The highest BCUT2D eigenvalue weighted by Gasteiger charge is 2.14. The van der Waals surface area contributed by atoms with E-state index in [1.165, 1.54) is 11.3 Å². The summed E-state index contributed by atoms with van der Waals surface area (Å²) in [4.78, 5) is 24.5. The smallest absolute Gasteiger partial charge is 0.224 e. The van der Waals surface area contributed by atoms with E-state index in [4.69, 9.17) is 0 Å². The largest absolute Gasteiger partial charge is 0.508 e. The van der Waals surface area contributed by atoms with E-state index in [-0.39, 0.29) is 29.9 Å². The molecule has 0 aliphatic heterocycles. The Hall–Kier alpha value is -2.14. The van der Waals surface area contributed by atoms with Gasteiger partial charge >= 0.3 is 0 Å². The second-order valence-electron chi connectivity index (χ2n) is 4.92. The third-order valence-corrected chi connectivity index (χ3v) is 3.91. The Bertz CT molecular complexity index is 605. The van der Waals surface area contributed by atoms with Crippen LogP contribution in [0.15, 0.2) is 41.8 Å². The Labute approximate surface area is 127 Å². The van der Waals surface area contributed by atoms with Crippen molar-refractivity contribution in [2.45, 2.75) is 25.8 Å². The molecule has 2 aromatic rings. The standard InChI is InChI=1S/C16H17NO3S/c1-11(9-14(19)15-3-2-8-21-15)17-16(20)10-12-4-6-13(18)7-5-12/h2-8,11,18H,9-10H2,1H3,(H,17,20)/t11-/m0/s1. The van der Waals surface area contributed by atoms with Gasteiger partial charge in [-0.05, 0) is 36.1 Å². The van der Waals surface area contributed by atoms with Crippen molar-refractivity contribution in [3.8, 4) is 5.75 Å². The predicted octanol–water partition coefficient (Wildman–Crippen LogP) is 2.77. The van der Waals surface area contributed by atoms with Crippen molar-refractivity contribution >= 4 is 23.0 Å². The molecule has 0 radical (unpaired) electrons. The molecule has 0 aliphatic carbocycles. The Balaban J connectivity index is 1.82. The van der Waals surface area contributed by atoms with E-state index in [2.05, 4.69) is 5.32 Å². The van der Waals surface area contributed by atoms with Crippen LogP contribution in [0.5, 0.6) is 5.75 Å². The molecule has 4 nitrogen and oxygen atoms in total. The zero-order valence-corrected chi connectivity index (χ0v) is 12.5. The van der Waals surface area contributed by atoms with Crippen molar-refractivity contribution in [2.24, 2.45) is 0 Å². The third kappa shape index (κ3) is 4.72. The van der Waals surface area contributed by atoms with Gasteiger partial charge in [0.15, 0.2) is 5.78 Å². The van der Waals surface area contributed by atoms with Crippen LogP contribution in [0, 0.1) is 0 Å². The SMILES string of the molecule is C[C@@H](CC(=O)c1cccs1)NC(=O)Cc1ccc(O)cc1. The number of nitrogens with one attached hydrogen (secondary N) is 1. The lowest BCUT2D eigenvalue weighted by Crippen LogP contribution is -2.35. The van der Waals surface area contributed by atoms with E-state index in [1.54, 1.807) is 30.3 Å². The molecule has 1 aromatic carbocycles. The molecule has 110 valence electrons. The zero-order valence-electron chi connectivity index (χ0n) is 11.7. The first-order chi connectivity index (χ1) is 10.0. The minimum absolute atomic E-state index is 0.0439. The van der Waals surface area contributed by atoms with Gasteiger partial charge in [0.2, 0.25) is 5.91 Å². The van der Waals surface area contributed by atoms with Crippen LogP contribution in [0.1, 0.15) is 28.6 Å². The number of hydrogen-bond acceptors (Lipinski definition) is 4. The Morgan fingerprint density at radius 3 is 2.57 bits per heavy atom. The first-order valence-electron chi connectivity index (χ1n) is 6.68. The van der Waals surface area contributed by atoms with Gasteiger partial charge < -0.3 is 10.4 Å². The monoisotopic (exact) mass is 303 g/mol. The highest BCUT2D eigenvalue weighted by Crippen LogP contribution is 2.13. The summed E-state index contributed by atoms with van der Waals surface area (Å²) < 4.78 is 0. The molecule has 0 spiro atoms. The van der Waals surface area contributed by atoms with Crippen LogP contribution in [0.4, 0.5) is 0 Å². The van der Waals surface area contributed by atoms with Crippen LogP contribution in [0.2, 0.25) is 0 Å². The minimum atomic E-state index is -0.204. The Kier molecular flexibility index (Phi) is 5.11. The quantitative estimate of drug-likeness (QED) is 0.806. The summed E-state index contributed by atoms with van der Waals surface area (Å²) in [5.74, 6) is 0.0867. The maximum Gasteiger partial charge on any atom is 0.224 e. The van der Waals surface area contributed by atoms with Crippen LogP contribution in [0.3, 0.4) is 0 Å². The van der Waals surface area contributed by atoms with Gasteiger partial charge in [0.05, 0.1) is 11.3 Å². The summed E-state index contributed by atoms with van der Waals surface area (Å²) >= 11 is 1.41. The van der Waals surface area contributed by atoms with Gasteiger partial charge in [-0.3, -0.25) is 9.59 Å². The van der Waals surface area contributed by atoms with Crippen molar-refractivity contribution < 1.29 is 14.7 Å². The average molecular weight is 303 g/mol. The van der Waals surface area contributed by atoms with Gasteiger partial charge in [-0.25, -0.2) is 0 Å². The van der Waals surface area contributed by atoms with E-state index >= 15 is 0 Å². The third-order valence-electron chi connectivity index (χ3n) is 3.00. The highest BCUT2D eigenvalue weighted by atomic mass is 32.1. The topological polar surface area (TPSA) is 66.4 Å². The fourth-order valence-corrected chi connectivity index (χ4v) is 2.67. The van der Waals surface area contributed by atoms with E-state index in [1.807, 2.05) is 18.4 Å². The van der Waals surface area contributed by atoms with Crippen molar-refractivity contribution in [3.05, 3.63) is 52.2 Å². The summed E-state index contributed by atoms with van der Waals surface area (Å²) in [6, 6.07) is 9.93. The van der Waals surface area contributed by atoms with Gasteiger partial charge in [-0.1, -0.05) is 18.2 Å². The molecule has 1 heterocycles. The summed E-state index contributed by atoms with van der Waals surface area (Å²) in [6.45, 7) is 1.82. The lowest BCUT2D eigenvalue weighted by Gasteiger charge is -2.12. The van der Waals surface area contributed by atoms with Crippen LogP contribution in [0.25, 0.3) is 0 Å². The number of amides is 1. The molecular formula is C16H17NO3S. The van der Waals surface area contributed by atoms with Crippen molar-refractivity contribution in [3.63, 3.8) is 0 Å². The molecule has 1 atom stereocenters. The number of aromatic hydroxyl groups is 1. The van der Waals surface area contributed by atoms with E-state index in [0.29, 0.717) is 6.42 Å². The van der Waals surface area contributed by atoms with Crippen LogP contribution >= 0.6 is 11.3 Å². The Morgan fingerprint density at radius 1 is 1.24 bits per heavy atom. The van der Waals surface area contributed by atoms with Crippen LogP contribution in [-0.2, 0) is 11.2 Å². The zero-order chi connectivity index (χ0) is 15.2. The molecule has 0 saturated carbocycles. The number of rotatable bonds is 6. The molecule has 21 heavy (non-hydrogen) atoms. The van der Waals surface area contributed by atoms with Crippen molar-refractivity contribution in [1.29, 1.82) is 0 Å². The summed E-state index contributed by atoms with van der Waals surface area (Å²) in [5.41, 5.74) is 0.821. The Morgan fingerprint density at radius 2 is 1.95 bits per heavy atom. The minimum Gasteiger partial charge on any atom is -0.508 e. The second-order valence-corrected chi connectivity index (χ2v) is 5.86. The lowest BCUT2D eigenvalue weighted by molar-refractivity contribution is -0.121. The number of phenolic OH excluding ortho intramolecular Hbond substituents is 1. The summed E-state index contributed by atoms with van der Waals surface area (Å²) in [7, 11) is 0. The molecule has 0 saturated heterocycles. The first-order valence-corrected chi connectivity index (χ1v) is 7.56. The van der Waals surface area contributed by atoms with E-state index < -0.39 is 0 Å². The van der Waals surface area contributed by atoms with Gasteiger partial charge in [0, 0.05) is 12.5 Å². The molecule has 0 fully saturated rings. The van der Waals surface area contributed by atoms with Crippen LogP contribution < -0.4 is 5.32 Å². The van der Waals surface area contributed by atoms with Gasteiger partial charge in [0.25, 0.3) is 0 Å². The van der Waals surface area contributed by atoms with E-state index in [0.717, 1.165) is 10.4 Å². The average Bonchev–Trinajstić information content (AvgIpc) is 2.95. The summed E-state index contributed by atoms with van der Waals surface area (Å²) in [5, 5.41) is 13.9. The van der Waals surface area contributed by atoms with Crippen molar-refractivity contribution in [2.75, 3.05) is 0 Å². The maximum absolute atomic E-state index is 11.9. The fourth-order valence-electron chi connectivity index (χ4n) is 1.99. The highest BCUT2D eigenvalue weighted by molar-refractivity contribution is 7.12. The molecular weight excluding hydrogens is 286 g/mol. The number of thiophene rings is 1. The molecule has 2 rings (SSSR count). The number of carbonyl (C=O) groups excluding carboxylic acids is 2. The molecule has 1 aromatic heterocycles. The molecule has 0 aliphatic rings. The number of phenols is 1. The van der Waals surface area contributed by atoms with Gasteiger partial charge in [-0.15, -0.1) is 11.3 Å². The lowest BCUT2D eigenvalue weighted by atomic mass is 10.1. The second kappa shape index (κ2) is 7.04. The molecule has 0 unspecified atom stereocenters. The normalized spacial score (nSPS) is 11.9. The first kappa shape index (κ1) is 15.3. The number of Topliss-reactive ketones (excluding diaryl/α,β-unsaturated/α-hetero) is 1. The van der Waals surface area contributed by atoms with Crippen LogP contribution in [-0.4, -0.2) is 22.8 Å². The van der Waals surface area contributed by atoms with Crippen molar-refractivity contribution in [1.82, 2.24) is 5.32 Å². The fraction of sp³-hybridized carbons (Fsp3) is 0.250. The number of carbonyl (C=O) groups is 2. The summed E-state index contributed by atoms with van der Waals surface area (Å²) in [6.07, 6.45) is 0.527. The molecule has 0 bridgehead atoms.